The summed E-state index contributed by atoms with van der Waals surface area (Å²) in [5.74, 6) is -0.628. The number of nitrogens with zero attached hydrogens (tertiary/aromatic N) is 4. The second kappa shape index (κ2) is 9.66. The van der Waals surface area contributed by atoms with Crippen molar-refractivity contribution in [1.29, 1.82) is 5.26 Å². The minimum absolute atomic E-state index is 0.0671. The fraction of sp³-hybridized carbons (Fsp3) is 0.154. The lowest BCUT2D eigenvalue weighted by molar-refractivity contribution is -0.00300. The quantitative estimate of drug-likeness (QED) is 0.436. The second-order valence-corrected chi connectivity index (χ2v) is 8.36. The Hall–Kier alpha value is -4.06. The van der Waals surface area contributed by atoms with Crippen molar-refractivity contribution in [2.75, 3.05) is 19.8 Å². The van der Waals surface area contributed by atoms with E-state index in [1.165, 1.54) is 18.3 Å². The van der Waals surface area contributed by atoms with Crippen LogP contribution in [0.3, 0.4) is 0 Å². The third-order valence-corrected chi connectivity index (χ3v) is 6.17. The number of rotatable bonds is 4. The molecule has 1 aliphatic heterocycles. The van der Waals surface area contributed by atoms with Crippen molar-refractivity contribution in [2.45, 2.75) is 6.04 Å². The highest BCUT2D eigenvalue weighted by Crippen LogP contribution is 2.32. The molecular weight excluding hydrogens is 469 g/mol. The summed E-state index contributed by atoms with van der Waals surface area (Å²) >= 11 is 6.15. The molecule has 0 aliphatic carbocycles. The largest absolute Gasteiger partial charge is 0.377 e. The molecule has 1 fully saturated rings. The Morgan fingerprint density at radius 3 is 2.71 bits per heavy atom. The molecule has 1 N–H and O–H groups in total. The number of H-pyrrole nitrogens is 1. The molecule has 9 heteroatoms. The third kappa shape index (κ3) is 4.39. The summed E-state index contributed by atoms with van der Waals surface area (Å²) < 4.78 is 20.0. The molecule has 1 atom stereocenters. The smallest absolute Gasteiger partial charge is 0.273 e. The van der Waals surface area contributed by atoms with Crippen LogP contribution >= 0.6 is 11.6 Å². The lowest BCUT2D eigenvalue weighted by Gasteiger charge is -2.35. The molecule has 174 valence electrons. The third-order valence-electron chi connectivity index (χ3n) is 5.85. The summed E-state index contributed by atoms with van der Waals surface area (Å²) in [6.45, 7) is 1.32. The van der Waals surface area contributed by atoms with E-state index in [0.29, 0.717) is 31.0 Å². The molecule has 2 aromatic carbocycles. The first kappa shape index (κ1) is 22.7. The SMILES string of the molecule is N#Cc1nc(-c2c(F)cccc2Cl)[nH]c1-c1ccc(C(=O)N2CCOC[C@@H]2c2ccccc2)nc1. The average Bonchev–Trinajstić information content (AvgIpc) is 3.33. The number of benzene rings is 2. The number of carbonyl (C=O) groups excluding carboxylic acids is 1. The molecule has 0 saturated carbocycles. The van der Waals surface area contributed by atoms with Gasteiger partial charge in [-0.1, -0.05) is 48.0 Å². The highest BCUT2D eigenvalue weighted by molar-refractivity contribution is 6.33. The number of aromatic amines is 1. The minimum Gasteiger partial charge on any atom is -0.377 e. The highest BCUT2D eigenvalue weighted by Gasteiger charge is 2.30. The summed E-state index contributed by atoms with van der Waals surface area (Å²) in [5.41, 5.74) is 2.31. The Kier molecular flexibility index (Phi) is 6.27. The summed E-state index contributed by atoms with van der Waals surface area (Å²) in [6.07, 6.45) is 1.49. The molecule has 35 heavy (non-hydrogen) atoms. The van der Waals surface area contributed by atoms with Gasteiger partial charge in [-0.2, -0.15) is 5.26 Å². The van der Waals surface area contributed by atoms with Gasteiger partial charge in [-0.3, -0.25) is 9.78 Å². The number of amides is 1. The first-order chi connectivity index (χ1) is 17.1. The first-order valence-corrected chi connectivity index (χ1v) is 11.3. The van der Waals surface area contributed by atoms with Gasteiger partial charge in [0.15, 0.2) is 5.69 Å². The number of morpholine rings is 1. The van der Waals surface area contributed by atoms with Crippen molar-refractivity contribution in [3.05, 3.63) is 94.7 Å². The van der Waals surface area contributed by atoms with Gasteiger partial charge in [0.2, 0.25) is 0 Å². The van der Waals surface area contributed by atoms with E-state index in [1.807, 2.05) is 36.4 Å². The van der Waals surface area contributed by atoms with E-state index < -0.39 is 5.82 Å². The Labute approximate surface area is 205 Å². The zero-order valence-electron chi connectivity index (χ0n) is 18.4. The first-order valence-electron chi connectivity index (χ1n) is 10.9. The Balaban J connectivity index is 1.44. The van der Waals surface area contributed by atoms with Crippen LogP contribution in [-0.2, 0) is 4.74 Å². The second-order valence-electron chi connectivity index (χ2n) is 7.95. The number of carbonyl (C=O) groups is 1. The maximum absolute atomic E-state index is 14.4. The lowest BCUT2D eigenvalue weighted by Crippen LogP contribution is -2.43. The number of aromatic nitrogens is 3. The Morgan fingerprint density at radius 2 is 2.00 bits per heavy atom. The van der Waals surface area contributed by atoms with Crippen LogP contribution in [0.15, 0.2) is 66.9 Å². The van der Waals surface area contributed by atoms with Gasteiger partial charge < -0.3 is 14.6 Å². The zero-order chi connectivity index (χ0) is 24.4. The van der Waals surface area contributed by atoms with Crippen molar-refractivity contribution >= 4 is 17.5 Å². The average molecular weight is 488 g/mol. The van der Waals surface area contributed by atoms with Gasteiger partial charge in [-0.05, 0) is 29.8 Å². The fourth-order valence-corrected chi connectivity index (χ4v) is 4.37. The number of ether oxygens (including phenoxy) is 1. The van der Waals surface area contributed by atoms with Gasteiger partial charge >= 0.3 is 0 Å². The number of nitriles is 1. The molecule has 0 radical (unpaired) electrons. The normalized spacial score (nSPS) is 15.6. The molecule has 1 aliphatic rings. The van der Waals surface area contributed by atoms with Crippen molar-refractivity contribution in [3.63, 3.8) is 0 Å². The zero-order valence-corrected chi connectivity index (χ0v) is 19.2. The van der Waals surface area contributed by atoms with Gasteiger partial charge in [0.05, 0.1) is 35.5 Å². The summed E-state index contributed by atoms with van der Waals surface area (Å²) in [7, 11) is 0. The Bertz CT molecular complexity index is 1400. The van der Waals surface area contributed by atoms with E-state index in [1.54, 1.807) is 23.1 Å². The van der Waals surface area contributed by atoms with Crippen LogP contribution in [0.5, 0.6) is 0 Å². The summed E-state index contributed by atoms with van der Waals surface area (Å²) in [5, 5.41) is 9.75. The molecule has 0 unspecified atom stereocenters. The van der Waals surface area contributed by atoms with Crippen LogP contribution in [-0.4, -0.2) is 45.5 Å². The van der Waals surface area contributed by atoms with E-state index in [2.05, 4.69) is 15.0 Å². The molecule has 1 saturated heterocycles. The highest BCUT2D eigenvalue weighted by atomic mass is 35.5. The van der Waals surface area contributed by atoms with Crippen LogP contribution < -0.4 is 0 Å². The maximum Gasteiger partial charge on any atom is 0.273 e. The molecule has 3 heterocycles. The molecule has 4 aromatic rings. The lowest BCUT2D eigenvalue weighted by atomic mass is 10.0. The standard InChI is InChI=1S/C26H19ClFN5O2/c27-18-7-4-8-19(28)23(18)25-31-21(13-29)24(32-25)17-9-10-20(30-14-17)26(34)33-11-12-35-15-22(33)16-5-2-1-3-6-16/h1-10,14,22H,11-12,15H2,(H,31,32)/t22-/m1/s1. The van der Waals surface area contributed by atoms with Crippen molar-refractivity contribution in [1.82, 2.24) is 19.9 Å². The summed E-state index contributed by atoms with van der Waals surface area (Å²) in [6, 6.07) is 19.1. The van der Waals surface area contributed by atoms with Crippen molar-refractivity contribution < 1.29 is 13.9 Å². The minimum atomic E-state index is -0.556. The van der Waals surface area contributed by atoms with Crippen LogP contribution in [0.25, 0.3) is 22.6 Å². The fourth-order valence-electron chi connectivity index (χ4n) is 4.12. The van der Waals surface area contributed by atoms with Crippen LogP contribution in [0.1, 0.15) is 27.8 Å². The van der Waals surface area contributed by atoms with Gasteiger partial charge in [0, 0.05) is 18.3 Å². The molecule has 5 rings (SSSR count). The summed E-state index contributed by atoms with van der Waals surface area (Å²) in [4.78, 5) is 26.6. The number of pyridine rings is 1. The monoisotopic (exact) mass is 487 g/mol. The van der Waals surface area contributed by atoms with E-state index >= 15 is 0 Å². The van der Waals surface area contributed by atoms with E-state index in [4.69, 9.17) is 16.3 Å². The molecule has 0 spiro atoms. The van der Waals surface area contributed by atoms with Crippen LogP contribution in [0.4, 0.5) is 4.39 Å². The molecule has 2 aromatic heterocycles. The van der Waals surface area contributed by atoms with E-state index in [-0.39, 0.29) is 39.7 Å². The predicted molar refractivity (Wildman–Crippen MR) is 128 cm³/mol. The van der Waals surface area contributed by atoms with Gasteiger partial charge in [0.1, 0.15) is 23.4 Å². The molecule has 1 amide bonds. The maximum atomic E-state index is 14.4. The number of hydrogen-bond donors (Lipinski definition) is 1. The molecule has 7 nitrogen and oxygen atoms in total. The molecular formula is C26H19ClFN5O2. The van der Waals surface area contributed by atoms with Crippen molar-refractivity contribution in [2.24, 2.45) is 0 Å². The van der Waals surface area contributed by atoms with Crippen LogP contribution in [0.2, 0.25) is 5.02 Å². The number of imidazole rings is 1. The van der Waals surface area contributed by atoms with Gasteiger partial charge in [0.25, 0.3) is 5.91 Å². The molecule has 0 bridgehead atoms. The van der Waals surface area contributed by atoms with Gasteiger partial charge in [-0.15, -0.1) is 0 Å². The predicted octanol–water partition coefficient (Wildman–Crippen LogP) is 5.02. The van der Waals surface area contributed by atoms with Crippen molar-refractivity contribution in [3.8, 4) is 28.7 Å². The van der Waals surface area contributed by atoms with E-state index in [0.717, 1.165) is 5.56 Å². The van der Waals surface area contributed by atoms with E-state index in [9.17, 15) is 14.4 Å². The Morgan fingerprint density at radius 1 is 1.17 bits per heavy atom. The van der Waals surface area contributed by atoms with Crippen LogP contribution in [0, 0.1) is 17.1 Å². The number of halogens is 2. The number of nitrogens with one attached hydrogen (secondary N) is 1. The number of hydrogen-bond acceptors (Lipinski definition) is 5. The topological polar surface area (TPSA) is 94.9 Å². The van der Waals surface area contributed by atoms with Gasteiger partial charge in [-0.25, -0.2) is 9.37 Å².